The lowest BCUT2D eigenvalue weighted by molar-refractivity contribution is 0.0383. The SMILES string of the molecule is Cc1c(Br)c(C(=O)NCCN2CCOCC2)nn1C. The van der Waals surface area contributed by atoms with Crippen LogP contribution >= 0.6 is 15.9 Å². The summed E-state index contributed by atoms with van der Waals surface area (Å²) in [7, 11) is 1.82. The summed E-state index contributed by atoms with van der Waals surface area (Å²) in [6, 6.07) is 0. The van der Waals surface area contributed by atoms with E-state index >= 15 is 0 Å². The molecule has 6 nitrogen and oxygen atoms in total. The molecule has 0 radical (unpaired) electrons. The van der Waals surface area contributed by atoms with Gasteiger partial charge in [0.05, 0.1) is 23.4 Å². The summed E-state index contributed by atoms with van der Waals surface area (Å²) in [4.78, 5) is 14.3. The Bertz CT molecular complexity index is 455. The maximum absolute atomic E-state index is 12.0. The van der Waals surface area contributed by atoms with Crippen molar-refractivity contribution in [3.8, 4) is 0 Å². The fourth-order valence-corrected chi connectivity index (χ4v) is 2.48. The second-order valence-corrected chi connectivity index (χ2v) is 5.37. The highest BCUT2D eigenvalue weighted by Gasteiger charge is 2.17. The molecule has 1 aromatic heterocycles. The van der Waals surface area contributed by atoms with Crippen molar-refractivity contribution < 1.29 is 9.53 Å². The van der Waals surface area contributed by atoms with Gasteiger partial charge in [-0.1, -0.05) is 0 Å². The van der Waals surface area contributed by atoms with Crippen LogP contribution in [0.1, 0.15) is 16.2 Å². The zero-order valence-corrected chi connectivity index (χ0v) is 12.9. The maximum Gasteiger partial charge on any atom is 0.273 e. The number of hydrogen-bond acceptors (Lipinski definition) is 4. The molecule has 1 amide bonds. The van der Waals surface area contributed by atoms with E-state index in [0.717, 1.165) is 43.0 Å². The molecule has 1 aliphatic rings. The third-order valence-corrected chi connectivity index (χ3v) is 4.24. The van der Waals surface area contributed by atoms with Gasteiger partial charge in [-0.3, -0.25) is 14.4 Å². The molecule has 2 heterocycles. The highest BCUT2D eigenvalue weighted by molar-refractivity contribution is 9.10. The van der Waals surface area contributed by atoms with E-state index in [4.69, 9.17) is 4.74 Å². The molecule has 0 atom stereocenters. The number of amides is 1. The molecule has 0 aromatic carbocycles. The lowest BCUT2D eigenvalue weighted by Gasteiger charge is -2.26. The van der Waals surface area contributed by atoms with Gasteiger partial charge in [0.2, 0.25) is 0 Å². The van der Waals surface area contributed by atoms with Gasteiger partial charge in [-0.15, -0.1) is 0 Å². The molecule has 0 aliphatic carbocycles. The minimum Gasteiger partial charge on any atom is -0.379 e. The van der Waals surface area contributed by atoms with E-state index in [-0.39, 0.29) is 5.91 Å². The number of ether oxygens (including phenoxy) is 1. The van der Waals surface area contributed by atoms with Crippen LogP contribution in [0.2, 0.25) is 0 Å². The van der Waals surface area contributed by atoms with E-state index in [0.29, 0.717) is 12.2 Å². The largest absolute Gasteiger partial charge is 0.379 e. The zero-order chi connectivity index (χ0) is 13.8. The number of nitrogens with zero attached hydrogens (tertiary/aromatic N) is 3. The fourth-order valence-electron chi connectivity index (χ4n) is 1.96. The van der Waals surface area contributed by atoms with E-state index in [1.54, 1.807) is 4.68 Å². The number of morpholine rings is 1. The average Bonchev–Trinajstić information content (AvgIpc) is 2.68. The molecule has 1 saturated heterocycles. The number of carbonyl (C=O) groups excluding carboxylic acids is 1. The molecule has 0 saturated carbocycles. The maximum atomic E-state index is 12.0. The first-order chi connectivity index (χ1) is 9.09. The van der Waals surface area contributed by atoms with Crippen LogP contribution in [0.25, 0.3) is 0 Å². The minimum absolute atomic E-state index is 0.135. The van der Waals surface area contributed by atoms with Crippen molar-refractivity contribution in [1.29, 1.82) is 0 Å². The van der Waals surface area contributed by atoms with Crippen molar-refractivity contribution in [3.63, 3.8) is 0 Å². The molecule has 1 N–H and O–H groups in total. The van der Waals surface area contributed by atoms with Gasteiger partial charge in [0.25, 0.3) is 5.91 Å². The van der Waals surface area contributed by atoms with Crippen molar-refractivity contribution in [2.24, 2.45) is 7.05 Å². The average molecular weight is 331 g/mol. The summed E-state index contributed by atoms with van der Waals surface area (Å²) >= 11 is 3.40. The predicted molar refractivity (Wildman–Crippen MR) is 75.2 cm³/mol. The molecule has 1 aromatic rings. The third-order valence-electron chi connectivity index (χ3n) is 3.29. The van der Waals surface area contributed by atoms with Gasteiger partial charge in [-0.25, -0.2) is 0 Å². The quantitative estimate of drug-likeness (QED) is 0.876. The van der Waals surface area contributed by atoms with E-state index in [2.05, 4.69) is 31.2 Å². The van der Waals surface area contributed by atoms with Crippen LogP contribution in [-0.2, 0) is 11.8 Å². The van der Waals surface area contributed by atoms with Gasteiger partial charge in [0.1, 0.15) is 0 Å². The summed E-state index contributed by atoms with van der Waals surface area (Å²) in [6.45, 7) is 6.81. The van der Waals surface area contributed by atoms with E-state index in [1.807, 2.05) is 14.0 Å². The topological polar surface area (TPSA) is 59.4 Å². The van der Waals surface area contributed by atoms with Crippen LogP contribution in [0, 0.1) is 6.92 Å². The summed E-state index contributed by atoms with van der Waals surface area (Å²) in [5.74, 6) is -0.135. The molecule has 0 unspecified atom stereocenters. The second-order valence-electron chi connectivity index (χ2n) is 4.58. The highest BCUT2D eigenvalue weighted by atomic mass is 79.9. The minimum atomic E-state index is -0.135. The van der Waals surface area contributed by atoms with Crippen molar-refractivity contribution in [2.75, 3.05) is 39.4 Å². The first kappa shape index (κ1) is 14.5. The molecule has 106 valence electrons. The number of halogens is 1. The Labute approximate surface area is 121 Å². The predicted octanol–water partition coefficient (Wildman–Crippen LogP) is 0.553. The van der Waals surface area contributed by atoms with Crippen molar-refractivity contribution in [2.45, 2.75) is 6.92 Å². The van der Waals surface area contributed by atoms with Gasteiger partial charge in [0, 0.05) is 33.2 Å². The Kier molecular flexibility index (Phi) is 4.95. The molecule has 19 heavy (non-hydrogen) atoms. The normalized spacial score (nSPS) is 16.6. The standard InChI is InChI=1S/C12H19BrN4O2/c1-9-10(13)11(15-16(9)2)12(18)14-3-4-17-5-7-19-8-6-17/h3-8H2,1-2H3,(H,14,18). The Balaban J connectivity index is 1.82. The van der Waals surface area contributed by atoms with E-state index < -0.39 is 0 Å². The van der Waals surface area contributed by atoms with Crippen molar-refractivity contribution in [3.05, 3.63) is 15.9 Å². The molecular formula is C12H19BrN4O2. The van der Waals surface area contributed by atoms with Crippen LogP contribution in [0.5, 0.6) is 0 Å². The van der Waals surface area contributed by atoms with Gasteiger partial charge in [-0.2, -0.15) is 5.10 Å². The Morgan fingerprint density at radius 3 is 2.74 bits per heavy atom. The molecule has 0 spiro atoms. The molecule has 2 rings (SSSR count). The number of rotatable bonds is 4. The molecular weight excluding hydrogens is 312 g/mol. The molecule has 1 fully saturated rings. The Morgan fingerprint density at radius 2 is 2.16 bits per heavy atom. The number of hydrogen-bond donors (Lipinski definition) is 1. The van der Waals surface area contributed by atoms with Gasteiger partial charge in [-0.05, 0) is 22.9 Å². The lowest BCUT2D eigenvalue weighted by Crippen LogP contribution is -2.41. The summed E-state index contributed by atoms with van der Waals surface area (Å²) in [6.07, 6.45) is 0. The number of aromatic nitrogens is 2. The van der Waals surface area contributed by atoms with Gasteiger partial charge in [0.15, 0.2) is 5.69 Å². The fraction of sp³-hybridized carbons (Fsp3) is 0.667. The molecule has 7 heteroatoms. The second kappa shape index (κ2) is 6.49. The zero-order valence-electron chi connectivity index (χ0n) is 11.3. The van der Waals surface area contributed by atoms with Crippen molar-refractivity contribution in [1.82, 2.24) is 20.0 Å². The smallest absolute Gasteiger partial charge is 0.273 e. The summed E-state index contributed by atoms with van der Waals surface area (Å²) < 4.78 is 7.74. The Morgan fingerprint density at radius 1 is 1.47 bits per heavy atom. The van der Waals surface area contributed by atoms with E-state index in [9.17, 15) is 4.79 Å². The summed E-state index contributed by atoms with van der Waals surface area (Å²) in [5, 5.41) is 7.10. The van der Waals surface area contributed by atoms with E-state index in [1.165, 1.54) is 0 Å². The Hall–Kier alpha value is -0.920. The molecule has 0 bridgehead atoms. The van der Waals surface area contributed by atoms with Gasteiger partial charge < -0.3 is 10.1 Å². The van der Waals surface area contributed by atoms with Crippen LogP contribution in [0.4, 0.5) is 0 Å². The van der Waals surface area contributed by atoms with Crippen LogP contribution < -0.4 is 5.32 Å². The van der Waals surface area contributed by atoms with Crippen LogP contribution in [-0.4, -0.2) is 60.0 Å². The highest BCUT2D eigenvalue weighted by Crippen LogP contribution is 2.19. The first-order valence-corrected chi connectivity index (χ1v) is 7.16. The third kappa shape index (κ3) is 3.55. The first-order valence-electron chi connectivity index (χ1n) is 6.37. The van der Waals surface area contributed by atoms with Crippen LogP contribution in [0.3, 0.4) is 0 Å². The monoisotopic (exact) mass is 330 g/mol. The lowest BCUT2D eigenvalue weighted by atomic mass is 10.3. The number of nitrogens with one attached hydrogen (secondary N) is 1. The van der Waals surface area contributed by atoms with Gasteiger partial charge >= 0.3 is 0 Å². The molecule has 1 aliphatic heterocycles. The van der Waals surface area contributed by atoms with Crippen LogP contribution in [0.15, 0.2) is 4.47 Å². The number of aryl methyl sites for hydroxylation is 1. The summed E-state index contributed by atoms with van der Waals surface area (Å²) in [5.41, 5.74) is 1.39. The van der Waals surface area contributed by atoms with Crippen molar-refractivity contribution >= 4 is 21.8 Å². The number of carbonyl (C=O) groups is 1.